The van der Waals surface area contributed by atoms with Crippen molar-refractivity contribution in [3.63, 3.8) is 0 Å². The predicted molar refractivity (Wildman–Crippen MR) is 78.3 cm³/mol. The number of aliphatic carboxylic acids is 1. The van der Waals surface area contributed by atoms with Gasteiger partial charge in [0.2, 0.25) is 5.91 Å². The molecule has 19 heavy (non-hydrogen) atoms. The number of carboxylic acids is 1. The first-order valence-electron chi connectivity index (χ1n) is 5.88. The third-order valence-electron chi connectivity index (χ3n) is 3.11. The van der Waals surface area contributed by atoms with Crippen LogP contribution in [0, 0.1) is 0 Å². The van der Waals surface area contributed by atoms with Crippen LogP contribution in [0.3, 0.4) is 0 Å². The average molecular weight is 391 g/mol. The first kappa shape index (κ1) is 14.5. The largest absolute Gasteiger partial charge is 0.480 e. The standard InChI is InChI=1S/C13H13Br2NO3/c14-9-3-1-8(2-4-9)5-11(13(18)19)16-7-10(15)6-12(16)17/h1-4,10-11H,5-7H2,(H,18,19)/t10?,11-/m0/s1. The van der Waals surface area contributed by atoms with Gasteiger partial charge in [-0.15, -0.1) is 0 Å². The van der Waals surface area contributed by atoms with Gasteiger partial charge in [-0.1, -0.05) is 44.0 Å². The third-order valence-corrected chi connectivity index (χ3v) is 4.26. The van der Waals surface area contributed by atoms with E-state index in [4.69, 9.17) is 0 Å². The van der Waals surface area contributed by atoms with Crippen LogP contribution in [0.4, 0.5) is 0 Å². The van der Waals surface area contributed by atoms with Gasteiger partial charge in [-0.2, -0.15) is 0 Å². The van der Waals surface area contributed by atoms with Gasteiger partial charge in [-0.05, 0) is 17.7 Å². The molecule has 1 N–H and O–H groups in total. The van der Waals surface area contributed by atoms with Gasteiger partial charge in [0.25, 0.3) is 0 Å². The Hall–Kier alpha value is -0.880. The van der Waals surface area contributed by atoms with E-state index in [0.717, 1.165) is 10.0 Å². The van der Waals surface area contributed by atoms with Gasteiger partial charge in [0.15, 0.2) is 0 Å². The lowest BCUT2D eigenvalue weighted by molar-refractivity contribution is -0.148. The molecule has 0 spiro atoms. The molecule has 0 bridgehead atoms. The van der Waals surface area contributed by atoms with Crippen molar-refractivity contribution < 1.29 is 14.7 Å². The van der Waals surface area contributed by atoms with E-state index in [1.165, 1.54) is 4.90 Å². The van der Waals surface area contributed by atoms with Crippen molar-refractivity contribution in [2.75, 3.05) is 6.54 Å². The molecule has 6 heteroatoms. The molecule has 1 aromatic carbocycles. The van der Waals surface area contributed by atoms with Crippen LogP contribution in [0.1, 0.15) is 12.0 Å². The highest BCUT2D eigenvalue weighted by Gasteiger charge is 2.36. The number of likely N-dealkylation sites (tertiary alicyclic amines) is 1. The quantitative estimate of drug-likeness (QED) is 0.803. The highest BCUT2D eigenvalue weighted by Crippen LogP contribution is 2.23. The van der Waals surface area contributed by atoms with Crippen molar-refractivity contribution in [3.8, 4) is 0 Å². The Labute approximate surface area is 128 Å². The summed E-state index contributed by atoms with van der Waals surface area (Å²) in [6, 6.07) is 6.68. The van der Waals surface area contributed by atoms with E-state index in [0.29, 0.717) is 19.4 Å². The first-order chi connectivity index (χ1) is 8.97. The molecule has 0 aliphatic carbocycles. The van der Waals surface area contributed by atoms with Gasteiger partial charge in [0.1, 0.15) is 6.04 Å². The number of nitrogens with zero attached hydrogens (tertiary/aromatic N) is 1. The smallest absolute Gasteiger partial charge is 0.326 e. The van der Waals surface area contributed by atoms with Crippen molar-refractivity contribution in [2.24, 2.45) is 0 Å². The lowest BCUT2D eigenvalue weighted by atomic mass is 10.1. The van der Waals surface area contributed by atoms with Crippen LogP contribution in [0.5, 0.6) is 0 Å². The Morgan fingerprint density at radius 1 is 1.42 bits per heavy atom. The van der Waals surface area contributed by atoms with E-state index in [-0.39, 0.29) is 10.7 Å². The van der Waals surface area contributed by atoms with Gasteiger partial charge in [0, 0.05) is 28.7 Å². The number of carbonyl (C=O) groups is 2. The molecule has 1 amide bonds. The van der Waals surface area contributed by atoms with Gasteiger partial charge in [-0.3, -0.25) is 4.79 Å². The molecule has 0 aromatic heterocycles. The number of alkyl halides is 1. The average Bonchev–Trinajstić information content (AvgIpc) is 2.67. The molecule has 1 aliphatic rings. The number of carboxylic acid groups (broad SMARTS) is 1. The molecular weight excluding hydrogens is 378 g/mol. The topological polar surface area (TPSA) is 57.6 Å². The molecule has 1 aromatic rings. The number of rotatable bonds is 4. The highest BCUT2D eigenvalue weighted by atomic mass is 79.9. The summed E-state index contributed by atoms with van der Waals surface area (Å²) in [6.45, 7) is 0.451. The molecule has 2 rings (SSSR count). The fourth-order valence-electron chi connectivity index (χ4n) is 2.16. The number of carbonyl (C=O) groups excluding carboxylic acids is 1. The molecule has 1 unspecified atom stereocenters. The van der Waals surface area contributed by atoms with Crippen LogP contribution in [0.2, 0.25) is 0 Å². The molecule has 1 fully saturated rings. The van der Waals surface area contributed by atoms with Gasteiger partial charge >= 0.3 is 5.97 Å². The van der Waals surface area contributed by atoms with E-state index in [9.17, 15) is 14.7 Å². The molecule has 102 valence electrons. The summed E-state index contributed by atoms with van der Waals surface area (Å²) in [4.78, 5) is 24.7. The molecule has 1 aliphatic heterocycles. The van der Waals surface area contributed by atoms with E-state index >= 15 is 0 Å². The molecule has 4 nitrogen and oxygen atoms in total. The molecule has 0 radical (unpaired) electrons. The number of hydrogen-bond donors (Lipinski definition) is 1. The fraction of sp³-hybridized carbons (Fsp3) is 0.385. The summed E-state index contributed by atoms with van der Waals surface area (Å²) in [5.41, 5.74) is 0.904. The van der Waals surface area contributed by atoms with Gasteiger partial charge in [-0.25, -0.2) is 4.79 Å². The monoisotopic (exact) mass is 389 g/mol. The third kappa shape index (κ3) is 3.57. The highest BCUT2D eigenvalue weighted by molar-refractivity contribution is 9.10. The van der Waals surface area contributed by atoms with E-state index in [1.54, 1.807) is 0 Å². The number of hydrogen-bond acceptors (Lipinski definition) is 2. The van der Waals surface area contributed by atoms with Crippen molar-refractivity contribution in [1.82, 2.24) is 4.90 Å². The summed E-state index contributed by atoms with van der Waals surface area (Å²) in [5.74, 6) is -1.07. The van der Waals surface area contributed by atoms with Crippen LogP contribution >= 0.6 is 31.9 Å². The van der Waals surface area contributed by atoms with E-state index in [1.807, 2.05) is 24.3 Å². The summed E-state index contributed by atoms with van der Waals surface area (Å²) >= 11 is 6.71. The van der Waals surface area contributed by atoms with Crippen LogP contribution in [-0.4, -0.2) is 39.3 Å². The Bertz CT molecular complexity index is 489. The molecular formula is C13H13Br2NO3. The maximum Gasteiger partial charge on any atom is 0.326 e. The Balaban J connectivity index is 2.15. The van der Waals surface area contributed by atoms with Crippen molar-refractivity contribution >= 4 is 43.7 Å². The maximum atomic E-state index is 11.8. The normalized spacial score (nSPS) is 20.6. The summed E-state index contributed by atoms with van der Waals surface area (Å²) < 4.78 is 0.945. The predicted octanol–water partition coefficient (Wildman–Crippen LogP) is 2.44. The Kier molecular flexibility index (Phi) is 4.62. The van der Waals surface area contributed by atoms with Crippen LogP contribution in [0.15, 0.2) is 28.7 Å². The number of amides is 1. The van der Waals surface area contributed by atoms with Crippen LogP contribution in [-0.2, 0) is 16.0 Å². The first-order valence-corrected chi connectivity index (χ1v) is 7.59. The Morgan fingerprint density at radius 2 is 2.05 bits per heavy atom. The molecule has 0 saturated carbocycles. The van der Waals surface area contributed by atoms with Crippen molar-refractivity contribution in [3.05, 3.63) is 34.3 Å². The van der Waals surface area contributed by atoms with Gasteiger partial charge in [0.05, 0.1) is 0 Å². The van der Waals surface area contributed by atoms with Crippen molar-refractivity contribution in [1.29, 1.82) is 0 Å². The molecule has 1 saturated heterocycles. The minimum Gasteiger partial charge on any atom is -0.480 e. The number of halogens is 2. The van der Waals surface area contributed by atoms with Crippen LogP contribution < -0.4 is 0 Å². The fourth-order valence-corrected chi connectivity index (χ4v) is 3.02. The minimum absolute atomic E-state index is 0.0479. The van der Waals surface area contributed by atoms with Crippen LogP contribution in [0.25, 0.3) is 0 Å². The second kappa shape index (κ2) is 6.05. The lowest BCUT2D eigenvalue weighted by Crippen LogP contribution is -2.43. The molecule has 1 heterocycles. The van der Waals surface area contributed by atoms with Crippen molar-refractivity contribution in [2.45, 2.75) is 23.7 Å². The van der Waals surface area contributed by atoms with E-state index in [2.05, 4.69) is 31.9 Å². The SMILES string of the molecule is O=C(O)[C@H](Cc1ccc(Br)cc1)N1CC(Br)CC1=O. The second-order valence-electron chi connectivity index (χ2n) is 4.53. The minimum atomic E-state index is -0.960. The molecule has 2 atom stereocenters. The second-order valence-corrected chi connectivity index (χ2v) is 6.74. The zero-order valence-electron chi connectivity index (χ0n) is 10.1. The summed E-state index contributed by atoms with van der Waals surface area (Å²) in [6.07, 6.45) is 0.693. The maximum absolute atomic E-state index is 11.8. The zero-order valence-corrected chi connectivity index (χ0v) is 13.2. The Morgan fingerprint density at radius 3 is 2.53 bits per heavy atom. The van der Waals surface area contributed by atoms with E-state index < -0.39 is 12.0 Å². The number of benzene rings is 1. The summed E-state index contributed by atoms with van der Waals surface area (Å²) in [7, 11) is 0. The zero-order chi connectivity index (χ0) is 14.0. The van der Waals surface area contributed by atoms with Gasteiger partial charge < -0.3 is 10.0 Å². The lowest BCUT2D eigenvalue weighted by Gasteiger charge is -2.24. The summed E-state index contributed by atoms with van der Waals surface area (Å²) in [5, 5.41) is 9.34.